The molecule has 3 heteroatoms. The Balaban J connectivity index is 1.91. The molecule has 0 aromatic heterocycles. The van der Waals surface area contributed by atoms with Gasteiger partial charge in [0.2, 0.25) is 0 Å². The highest BCUT2D eigenvalue weighted by molar-refractivity contribution is 5.45. The number of nitrogens with zero attached hydrogens (tertiary/aromatic N) is 1. The number of hydrogen-bond donors (Lipinski definition) is 0. The van der Waals surface area contributed by atoms with E-state index in [9.17, 15) is 0 Å². The van der Waals surface area contributed by atoms with Crippen LogP contribution in [-0.2, 0) is 11.3 Å². The van der Waals surface area contributed by atoms with Gasteiger partial charge in [0, 0.05) is 0 Å². The molecule has 0 atom stereocenters. The third-order valence-electron chi connectivity index (χ3n) is 3.83. The Kier molecular flexibility index (Phi) is 4.81. The average molecular weight is 259 g/mol. The Hall–Kier alpha value is -1.53. The summed E-state index contributed by atoms with van der Waals surface area (Å²) >= 11 is 0. The van der Waals surface area contributed by atoms with E-state index in [2.05, 4.69) is 13.0 Å². The number of ether oxygens (including phenoxy) is 2. The molecule has 0 saturated heterocycles. The summed E-state index contributed by atoms with van der Waals surface area (Å²) < 4.78 is 11.1. The van der Waals surface area contributed by atoms with Gasteiger partial charge in [-0.2, -0.15) is 5.26 Å². The standard InChI is InChI=1S/C16H21NO2/c1-12-3-6-15(7-4-12)19-11-13-5-8-16(18-2)14(9-13)10-17/h5,8-9,12,15H,3-4,6-7,11H2,1-2H3. The van der Waals surface area contributed by atoms with Crippen molar-refractivity contribution < 1.29 is 9.47 Å². The van der Waals surface area contributed by atoms with Gasteiger partial charge in [0.05, 0.1) is 25.4 Å². The summed E-state index contributed by atoms with van der Waals surface area (Å²) in [6.45, 7) is 2.89. The first-order chi connectivity index (χ1) is 9.22. The summed E-state index contributed by atoms with van der Waals surface area (Å²) in [6, 6.07) is 7.80. The van der Waals surface area contributed by atoms with Crippen LogP contribution in [0.25, 0.3) is 0 Å². The quantitative estimate of drug-likeness (QED) is 0.828. The predicted molar refractivity (Wildman–Crippen MR) is 73.9 cm³/mol. The molecule has 0 bridgehead atoms. The van der Waals surface area contributed by atoms with Crippen molar-refractivity contribution in [2.45, 2.75) is 45.3 Å². The van der Waals surface area contributed by atoms with Gasteiger partial charge in [0.1, 0.15) is 11.8 Å². The highest BCUT2D eigenvalue weighted by atomic mass is 16.5. The Morgan fingerprint density at radius 3 is 2.63 bits per heavy atom. The van der Waals surface area contributed by atoms with E-state index in [-0.39, 0.29) is 0 Å². The van der Waals surface area contributed by atoms with Crippen LogP contribution in [0.4, 0.5) is 0 Å². The van der Waals surface area contributed by atoms with E-state index < -0.39 is 0 Å². The van der Waals surface area contributed by atoms with Crippen molar-refractivity contribution in [2.24, 2.45) is 5.92 Å². The fourth-order valence-electron chi connectivity index (χ4n) is 2.54. The molecule has 1 aliphatic rings. The van der Waals surface area contributed by atoms with Gasteiger partial charge in [-0.05, 0) is 49.3 Å². The second-order valence-electron chi connectivity index (χ2n) is 5.34. The largest absolute Gasteiger partial charge is 0.495 e. The van der Waals surface area contributed by atoms with Gasteiger partial charge >= 0.3 is 0 Å². The lowest BCUT2D eigenvalue weighted by atomic mass is 9.89. The zero-order chi connectivity index (χ0) is 13.7. The molecule has 0 spiro atoms. The number of benzene rings is 1. The van der Waals surface area contributed by atoms with Gasteiger partial charge in [0.15, 0.2) is 0 Å². The van der Waals surface area contributed by atoms with Crippen LogP contribution >= 0.6 is 0 Å². The SMILES string of the molecule is COc1ccc(COC2CCC(C)CC2)cc1C#N. The van der Waals surface area contributed by atoms with Crippen molar-refractivity contribution in [3.63, 3.8) is 0 Å². The van der Waals surface area contributed by atoms with E-state index in [1.807, 2.05) is 18.2 Å². The molecule has 1 fully saturated rings. The summed E-state index contributed by atoms with van der Waals surface area (Å²) in [6.07, 6.45) is 5.21. The maximum absolute atomic E-state index is 9.05. The van der Waals surface area contributed by atoms with Gasteiger partial charge in [-0.15, -0.1) is 0 Å². The number of rotatable bonds is 4. The van der Waals surface area contributed by atoms with E-state index >= 15 is 0 Å². The molecule has 0 unspecified atom stereocenters. The highest BCUT2D eigenvalue weighted by Crippen LogP contribution is 2.26. The van der Waals surface area contributed by atoms with Crippen LogP contribution in [0.15, 0.2) is 18.2 Å². The summed E-state index contributed by atoms with van der Waals surface area (Å²) in [5.41, 5.74) is 1.61. The minimum absolute atomic E-state index is 0.379. The van der Waals surface area contributed by atoms with Gasteiger partial charge in [0.25, 0.3) is 0 Å². The van der Waals surface area contributed by atoms with Gasteiger partial charge < -0.3 is 9.47 Å². The van der Waals surface area contributed by atoms with Gasteiger partial charge in [-0.3, -0.25) is 0 Å². The minimum atomic E-state index is 0.379. The van der Waals surface area contributed by atoms with Crippen LogP contribution in [0, 0.1) is 17.2 Å². The highest BCUT2D eigenvalue weighted by Gasteiger charge is 2.18. The molecule has 19 heavy (non-hydrogen) atoms. The first-order valence-corrected chi connectivity index (χ1v) is 6.91. The topological polar surface area (TPSA) is 42.2 Å². The lowest BCUT2D eigenvalue weighted by Crippen LogP contribution is -2.20. The number of methoxy groups -OCH3 is 1. The molecule has 0 radical (unpaired) electrons. The zero-order valence-electron chi connectivity index (χ0n) is 11.7. The number of nitriles is 1. The Bertz CT molecular complexity index is 456. The van der Waals surface area contributed by atoms with E-state index in [0.717, 1.165) is 24.3 Å². The molecule has 0 N–H and O–H groups in total. The van der Waals surface area contributed by atoms with Crippen LogP contribution < -0.4 is 4.74 Å². The molecule has 102 valence electrons. The van der Waals surface area contributed by atoms with Crippen LogP contribution in [-0.4, -0.2) is 13.2 Å². The molecule has 1 saturated carbocycles. The Morgan fingerprint density at radius 1 is 1.26 bits per heavy atom. The lowest BCUT2D eigenvalue weighted by Gasteiger charge is -2.26. The maximum atomic E-state index is 9.05. The Labute approximate surface area is 115 Å². The first-order valence-electron chi connectivity index (χ1n) is 6.91. The number of hydrogen-bond acceptors (Lipinski definition) is 3. The second kappa shape index (κ2) is 6.58. The summed E-state index contributed by atoms with van der Waals surface area (Å²) in [4.78, 5) is 0. The van der Waals surface area contributed by atoms with Gasteiger partial charge in [-0.25, -0.2) is 0 Å². The first kappa shape index (κ1) is 13.9. The van der Waals surface area contributed by atoms with Crippen molar-refractivity contribution in [1.82, 2.24) is 0 Å². The smallest absolute Gasteiger partial charge is 0.136 e. The molecule has 0 aliphatic heterocycles. The zero-order valence-corrected chi connectivity index (χ0v) is 11.7. The van der Waals surface area contributed by atoms with Crippen LogP contribution in [0.5, 0.6) is 5.75 Å². The van der Waals surface area contributed by atoms with Crippen molar-refractivity contribution in [2.75, 3.05) is 7.11 Å². The summed E-state index contributed by atoms with van der Waals surface area (Å²) in [5, 5.41) is 9.05. The van der Waals surface area contributed by atoms with Crippen LogP contribution in [0.1, 0.15) is 43.7 Å². The van der Waals surface area contributed by atoms with E-state index in [4.69, 9.17) is 14.7 Å². The second-order valence-corrected chi connectivity index (χ2v) is 5.34. The molecular weight excluding hydrogens is 238 g/mol. The van der Waals surface area contributed by atoms with E-state index in [1.54, 1.807) is 7.11 Å². The molecule has 0 amide bonds. The molecule has 2 rings (SSSR count). The third-order valence-corrected chi connectivity index (χ3v) is 3.83. The van der Waals surface area contributed by atoms with Crippen LogP contribution in [0.2, 0.25) is 0 Å². The molecule has 0 heterocycles. The molecule has 1 aliphatic carbocycles. The van der Waals surface area contributed by atoms with Crippen LogP contribution in [0.3, 0.4) is 0 Å². The fraction of sp³-hybridized carbons (Fsp3) is 0.562. The van der Waals surface area contributed by atoms with Crippen molar-refractivity contribution >= 4 is 0 Å². The third kappa shape index (κ3) is 3.71. The summed E-state index contributed by atoms with van der Waals surface area (Å²) in [7, 11) is 1.58. The maximum Gasteiger partial charge on any atom is 0.136 e. The lowest BCUT2D eigenvalue weighted by molar-refractivity contribution is 0.00875. The molecule has 1 aromatic rings. The Morgan fingerprint density at radius 2 is 2.00 bits per heavy atom. The van der Waals surface area contributed by atoms with Crippen molar-refractivity contribution in [1.29, 1.82) is 5.26 Å². The van der Waals surface area contributed by atoms with E-state index in [1.165, 1.54) is 12.8 Å². The van der Waals surface area contributed by atoms with Gasteiger partial charge in [-0.1, -0.05) is 13.0 Å². The average Bonchev–Trinajstić information content (AvgIpc) is 2.46. The normalized spacial score (nSPS) is 22.8. The molecular formula is C16H21NO2. The van der Waals surface area contributed by atoms with Crippen molar-refractivity contribution in [3.8, 4) is 11.8 Å². The molecule has 1 aromatic carbocycles. The monoisotopic (exact) mass is 259 g/mol. The van der Waals surface area contributed by atoms with E-state index in [0.29, 0.717) is 24.0 Å². The predicted octanol–water partition coefficient (Wildman–Crippen LogP) is 3.66. The summed E-state index contributed by atoms with van der Waals surface area (Å²) in [5.74, 6) is 1.46. The van der Waals surface area contributed by atoms with Crippen molar-refractivity contribution in [3.05, 3.63) is 29.3 Å². The minimum Gasteiger partial charge on any atom is -0.495 e. The molecule has 3 nitrogen and oxygen atoms in total. The fourth-order valence-corrected chi connectivity index (χ4v) is 2.54.